The molecule has 5 heteroatoms. The number of aliphatic hydroxyl groups is 1. The molecule has 2 rings (SSSR count). The van der Waals surface area contributed by atoms with Gasteiger partial charge in [0.1, 0.15) is 0 Å². The van der Waals surface area contributed by atoms with Crippen molar-refractivity contribution in [2.24, 2.45) is 0 Å². The minimum absolute atomic E-state index is 0.204. The van der Waals surface area contributed by atoms with E-state index in [1.807, 2.05) is 19.2 Å². The normalized spacial score (nSPS) is 17.5. The van der Waals surface area contributed by atoms with Gasteiger partial charge in [0.25, 0.3) is 0 Å². The average molecular weight is 305 g/mol. The van der Waals surface area contributed by atoms with Gasteiger partial charge in [0.15, 0.2) is 0 Å². The molecule has 22 heavy (non-hydrogen) atoms. The molecule has 1 aromatic heterocycles. The molecule has 1 fully saturated rings. The number of nitrogens with zero attached hydrogens (tertiary/aromatic N) is 1. The van der Waals surface area contributed by atoms with Gasteiger partial charge in [0.05, 0.1) is 5.60 Å². The second-order valence-electron chi connectivity index (χ2n) is 6.30. The van der Waals surface area contributed by atoms with Gasteiger partial charge in [0.2, 0.25) is 0 Å². The minimum atomic E-state index is -0.727. The highest BCUT2D eigenvalue weighted by Crippen LogP contribution is 2.26. The number of urea groups is 1. The van der Waals surface area contributed by atoms with E-state index >= 15 is 0 Å². The number of aryl methyl sites for hydroxylation is 1. The molecule has 0 bridgehead atoms. The highest BCUT2D eigenvalue weighted by molar-refractivity contribution is 5.73. The molecule has 1 heterocycles. The lowest BCUT2D eigenvalue weighted by Crippen LogP contribution is -2.46. The third-order valence-corrected chi connectivity index (χ3v) is 4.43. The summed E-state index contributed by atoms with van der Waals surface area (Å²) in [6.45, 7) is 2.94. The van der Waals surface area contributed by atoms with Crippen molar-refractivity contribution in [1.82, 2.24) is 15.6 Å². The van der Waals surface area contributed by atoms with Crippen LogP contribution in [-0.4, -0.2) is 34.8 Å². The van der Waals surface area contributed by atoms with Crippen molar-refractivity contribution in [1.29, 1.82) is 0 Å². The van der Waals surface area contributed by atoms with E-state index in [0.717, 1.165) is 37.7 Å². The molecular weight excluding hydrogens is 278 g/mol. The molecule has 1 aromatic rings. The average Bonchev–Trinajstić information content (AvgIpc) is 2.73. The Balaban J connectivity index is 1.68. The van der Waals surface area contributed by atoms with Crippen LogP contribution in [0.25, 0.3) is 0 Å². The van der Waals surface area contributed by atoms with E-state index in [4.69, 9.17) is 0 Å². The molecule has 0 saturated heterocycles. The summed E-state index contributed by atoms with van der Waals surface area (Å²) in [6, 6.07) is 1.77. The lowest BCUT2D eigenvalue weighted by molar-refractivity contribution is 0.0277. The van der Waals surface area contributed by atoms with Crippen molar-refractivity contribution in [3.8, 4) is 0 Å². The van der Waals surface area contributed by atoms with Gasteiger partial charge in [-0.05, 0) is 43.4 Å². The Morgan fingerprint density at radius 3 is 2.68 bits per heavy atom. The number of hydrogen-bond donors (Lipinski definition) is 3. The molecule has 0 unspecified atom stereocenters. The molecule has 5 nitrogen and oxygen atoms in total. The summed E-state index contributed by atoms with van der Waals surface area (Å²) in [4.78, 5) is 15.9. The Kier molecular flexibility index (Phi) is 6.19. The molecule has 0 aromatic carbocycles. The Morgan fingerprint density at radius 2 is 2.00 bits per heavy atom. The standard InChI is InChI=1S/C17H27N3O2/c1-14-12-18-10-6-15(14)7-11-19-16(21)20-13-17(22)8-4-2-3-5-9-17/h6,10,12,22H,2-5,7-9,11,13H2,1H3,(H2,19,20,21). The fraction of sp³-hybridized carbons (Fsp3) is 0.647. The van der Waals surface area contributed by atoms with Crippen molar-refractivity contribution in [2.75, 3.05) is 13.1 Å². The summed E-state index contributed by atoms with van der Waals surface area (Å²) in [5.74, 6) is 0. The second-order valence-corrected chi connectivity index (χ2v) is 6.30. The number of hydrogen-bond acceptors (Lipinski definition) is 3. The SMILES string of the molecule is Cc1cnccc1CCNC(=O)NCC1(O)CCCCCC1. The van der Waals surface area contributed by atoms with Gasteiger partial charge in [-0.3, -0.25) is 4.98 Å². The summed E-state index contributed by atoms with van der Waals surface area (Å²) >= 11 is 0. The number of carbonyl (C=O) groups is 1. The van der Waals surface area contributed by atoms with Crippen LogP contribution in [0.2, 0.25) is 0 Å². The molecule has 1 saturated carbocycles. The van der Waals surface area contributed by atoms with Gasteiger partial charge in [-0.1, -0.05) is 25.7 Å². The van der Waals surface area contributed by atoms with Gasteiger partial charge in [-0.25, -0.2) is 4.79 Å². The topological polar surface area (TPSA) is 74.2 Å². The fourth-order valence-electron chi connectivity index (χ4n) is 2.96. The molecule has 2 amide bonds. The van der Waals surface area contributed by atoms with Gasteiger partial charge in [-0.2, -0.15) is 0 Å². The Labute approximate surface area is 132 Å². The van der Waals surface area contributed by atoms with Crippen LogP contribution >= 0.6 is 0 Å². The summed E-state index contributed by atoms with van der Waals surface area (Å²) in [5, 5.41) is 16.1. The number of aromatic nitrogens is 1. The zero-order chi connectivity index (χ0) is 15.8. The quantitative estimate of drug-likeness (QED) is 0.731. The summed E-state index contributed by atoms with van der Waals surface area (Å²) < 4.78 is 0. The van der Waals surface area contributed by atoms with Crippen LogP contribution in [-0.2, 0) is 6.42 Å². The largest absolute Gasteiger partial charge is 0.388 e. The van der Waals surface area contributed by atoms with Crippen molar-refractivity contribution in [2.45, 2.75) is 57.5 Å². The molecule has 122 valence electrons. The number of rotatable bonds is 5. The third kappa shape index (κ3) is 5.30. The zero-order valence-corrected chi connectivity index (χ0v) is 13.4. The molecule has 1 aliphatic carbocycles. The number of pyridine rings is 1. The molecule has 3 N–H and O–H groups in total. The molecule has 0 spiro atoms. The monoisotopic (exact) mass is 305 g/mol. The van der Waals surface area contributed by atoms with Crippen molar-refractivity contribution in [3.05, 3.63) is 29.6 Å². The molecular formula is C17H27N3O2. The van der Waals surface area contributed by atoms with E-state index < -0.39 is 5.60 Å². The highest BCUT2D eigenvalue weighted by atomic mass is 16.3. The van der Waals surface area contributed by atoms with Gasteiger partial charge in [-0.15, -0.1) is 0 Å². The van der Waals surface area contributed by atoms with Crippen molar-refractivity contribution >= 4 is 6.03 Å². The smallest absolute Gasteiger partial charge is 0.314 e. The van der Waals surface area contributed by atoms with Gasteiger partial charge in [0, 0.05) is 25.5 Å². The molecule has 1 aliphatic rings. The van der Waals surface area contributed by atoms with Crippen LogP contribution in [0.15, 0.2) is 18.5 Å². The lowest BCUT2D eigenvalue weighted by atomic mass is 9.95. The fourth-order valence-corrected chi connectivity index (χ4v) is 2.96. The van der Waals surface area contributed by atoms with Crippen LogP contribution in [0.3, 0.4) is 0 Å². The van der Waals surface area contributed by atoms with E-state index in [9.17, 15) is 9.90 Å². The number of carbonyl (C=O) groups excluding carboxylic acids is 1. The first-order valence-corrected chi connectivity index (χ1v) is 8.23. The predicted molar refractivity (Wildman–Crippen MR) is 86.7 cm³/mol. The summed E-state index contributed by atoms with van der Waals surface area (Å²) in [6.07, 6.45) is 10.4. The van der Waals surface area contributed by atoms with E-state index in [2.05, 4.69) is 15.6 Å². The molecule has 0 aliphatic heterocycles. The van der Waals surface area contributed by atoms with E-state index in [-0.39, 0.29) is 6.03 Å². The van der Waals surface area contributed by atoms with Crippen LogP contribution in [0.1, 0.15) is 49.7 Å². The zero-order valence-electron chi connectivity index (χ0n) is 13.4. The minimum Gasteiger partial charge on any atom is -0.388 e. The van der Waals surface area contributed by atoms with E-state index in [0.29, 0.717) is 13.1 Å². The first-order chi connectivity index (χ1) is 10.6. The maximum atomic E-state index is 11.8. The van der Waals surface area contributed by atoms with Crippen LogP contribution in [0.5, 0.6) is 0 Å². The highest BCUT2D eigenvalue weighted by Gasteiger charge is 2.28. The van der Waals surface area contributed by atoms with Crippen molar-refractivity contribution in [3.63, 3.8) is 0 Å². The first-order valence-electron chi connectivity index (χ1n) is 8.23. The van der Waals surface area contributed by atoms with Crippen LogP contribution in [0.4, 0.5) is 4.79 Å². The summed E-state index contributed by atoms with van der Waals surface area (Å²) in [5.41, 5.74) is 1.60. The molecule has 0 radical (unpaired) electrons. The predicted octanol–water partition coefficient (Wildman–Crippen LogP) is 2.32. The van der Waals surface area contributed by atoms with E-state index in [1.54, 1.807) is 6.20 Å². The lowest BCUT2D eigenvalue weighted by Gasteiger charge is -2.26. The van der Waals surface area contributed by atoms with E-state index in [1.165, 1.54) is 18.4 Å². The number of amides is 2. The first kappa shape index (κ1) is 16.7. The Hall–Kier alpha value is -1.62. The van der Waals surface area contributed by atoms with Gasteiger partial charge < -0.3 is 15.7 Å². The van der Waals surface area contributed by atoms with Gasteiger partial charge >= 0.3 is 6.03 Å². The summed E-state index contributed by atoms with van der Waals surface area (Å²) in [7, 11) is 0. The third-order valence-electron chi connectivity index (χ3n) is 4.43. The Bertz CT molecular complexity index is 483. The maximum Gasteiger partial charge on any atom is 0.314 e. The number of nitrogens with one attached hydrogen (secondary N) is 2. The van der Waals surface area contributed by atoms with Crippen molar-refractivity contribution < 1.29 is 9.90 Å². The maximum absolute atomic E-state index is 11.8. The molecule has 0 atom stereocenters. The second kappa shape index (κ2) is 8.13. The Morgan fingerprint density at radius 1 is 1.27 bits per heavy atom. The van der Waals surface area contributed by atoms with Crippen LogP contribution < -0.4 is 10.6 Å². The van der Waals surface area contributed by atoms with Crippen LogP contribution in [0, 0.1) is 6.92 Å².